The molecular formula is C68H54F6N4. The summed E-state index contributed by atoms with van der Waals surface area (Å²) in [7, 11) is 0. The molecule has 4 aliphatic carbocycles. The molecule has 2 aromatic heterocycles. The summed E-state index contributed by atoms with van der Waals surface area (Å²) in [6.07, 6.45) is 9.67. The molecule has 2 unspecified atom stereocenters. The molecule has 4 aliphatic rings. The summed E-state index contributed by atoms with van der Waals surface area (Å²) < 4.78 is 88.0. The number of benzene rings is 7. The highest BCUT2D eigenvalue weighted by Gasteiger charge is 2.39. The van der Waals surface area contributed by atoms with Crippen molar-refractivity contribution in [2.45, 2.75) is 65.7 Å². The van der Waals surface area contributed by atoms with Gasteiger partial charge in [0.25, 0.3) is 0 Å². The van der Waals surface area contributed by atoms with Gasteiger partial charge in [0.2, 0.25) is 0 Å². The number of para-hydroxylation sites is 3. The lowest BCUT2D eigenvalue weighted by atomic mass is 9.65. The first-order valence-corrected chi connectivity index (χ1v) is 26.5. The van der Waals surface area contributed by atoms with Gasteiger partial charge in [-0.25, -0.2) is 0 Å². The molecule has 78 heavy (non-hydrogen) atoms. The van der Waals surface area contributed by atoms with Gasteiger partial charge in [0, 0.05) is 50.2 Å². The molecular weight excluding hydrogens is 987 g/mol. The molecule has 7 aromatic carbocycles. The van der Waals surface area contributed by atoms with Crippen LogP contribution in [0.4, 0.5) is 54.8 Å². The maximum atomic E-state index is 14.7. The highest BCUT2D eigenvalue weighted by atomic mass is 19.4. The van der Waals surface area contributed by atoms with Gasteiger partial charge in [0.15, 0.2) is 0 Å². The Hall–Kier alpha value is -8.50. The van der Waals surface area contributed by atoms with E-state index in [2.05, 4.69) is 162 Å². The monoisotopic (exact) mass is 1040 g/mol. The molecule has 0 amide bonds. The Labute approximate surface area is 447 Å². The Morgan fingerprint density at radius 1 is 0.564 bits per heavy atom. The van der Waals surface area contributed by atoms with Crippen molar-refractivity contribution in [2.75, 3.05) is 9.80 Å². The van der Waals surface area contributed by atoms with Crippen LogP contribution in [0.15, 0.2) is 194 Å². The average molecular weight is 1040 g/mol. The van der Waals surface area contributed by atoms with E-state index in [1.807, 2.05) is 44.2 Å². The molecule has 13 rings (SSSR count). The van der Waals surface area contributed by atoms with E-state index in [9.17, 15) is 26.3 Å². The van der Waals surface area contributed by atoms with Crippen LogP contribution in [0.25, 0.3) is 49.6 Å². The van der Waals surface area contributed by atoms with E-state index in [4.69, 9.17) is 0 Å². The molecule has 2 atom stereocenters. The fourth-order valence-corrected chi connectivity index (χ4v) is 12.8. The van der Waals surface area contributed by atoms with Crippen molar-refractivity contribution >= 4 is 78.0 Å². The zero-order valence-corrected chi connectivity index (χ0v) is 43.6. The van der Waals surface area contributed by atoms with Gasteiger partial charge in [0.05, 0.1) is 44.8 Å². The van der Waals surface area contributed by atoms with Gasteiger partial charge in [-0.2, -0.15) is 26.3 Å². The van der Waals surface area contributed by atoms with E-state index in [-0.39, 0.29) is 22.9 Å². The lowest BCUT2D eigenvalue weighted by molar-refractivity contribution is -0.137. The minimum absolute atomic E-state index is 0.0381. The number of anilines is 5. The van der Waals surface area contributed by atoms with Gasteiger partial charge in [0.1, 0.15) is 0 Å². The number of aryl methyl sites for hydroxylation is 2. The summed E-state index contributed by atoms with van der Waals surface area (Å²) in [5.41, 5.74) is 10.9. The summed E-state index contributed by atoms with van der Waals surface area (Å²) >= 11 is 0. The second-order valence-electron chi connectivity index (χ2n) is 21.8. The Balaban J connectivity index is 1.10. The fraction of sp³-hybridized carbons (Fsp3) is 0.176. The number of H-pyrrole nitrogens is 2. The minimum atomic E-state index is -4.56. The summed E-state index contributed by atoms with van der Waals surface area (Å²) in [6.45, 7) is 10.8. The minimum Gasteiger partial charge on any atom is -0.353 e. The largest absolute Gasteiger partial charge is 0.418 e. The number of aromatic amines is 2. The number of rotatable bonds is 6. The van der Waals surface area contributed by atoms with Gasteiger partial charge >= 0.3 is 12.4 Å². The van der Waals surface area contributed by atoms with Crippen LogP contribution in [-0.4, -0.2) is 9.97 Å². The highest BCUT2D eigenvalue weighted by molar-refractivity contribution is 6.13. The molecule has 10 heteroatoms. The van der Waals surface area contributed by atoms with E-state index in [1.54, 1.807) is 12.1 Å². The van der Waals surface area contributed by atoms with Crippen molar-refractivity contribution < 1.29 is 26.3 Å². The number of fused-ring (bicyclic) bond motifs is 10. The number of aromatic nitrogens is 2. The Kier molecular flexibility index (Phi) is 11.4. The number of hydrogen-bond acceptors (Lipinski definition) is 2. The zero-order valence-electron chi connectivity index (χ0n) is 43.6. The summed E-state index contributed by atoms with van der Waals surface area (Å²) in [5, 5.41) is 5.81. The topological polar surface area (TPSA) is 38.1 Å². The van der Waals surface area contributed by atoms with Gasteiger partial charge < -0.3 is 19.8 Å². The third kappa shape index (κ3) is 7.89. The lowest BCUT2D eigenvalue weighted by Gasteiger charge is -2.39. The summed E-state index contributed by atoms with van der Waals surface area (Å²) in [6, 6.07) is 44.1. The Morgan fingerprint density at radius 3 is 1.79 bits per heavy atom. The molecule has 0 saturated heterocycles. The molecule has 0 aliphatic heterocycles. The van der Waals surface area contributed by atoms with Gasteiger partial charge in [-0.15, -0.1) is 0 Å². The Morgan fingerprint density at radius 2 is 1.13 bits per heavy atom. The van der Waals surface area contributed by atoms with Crippen molar-refractivity contribution in [3.63, 3.8) is 0 Å². The number of nitrogens with one attached hydrogen (secondary N) is 2. The Bertz CT molecular complexity index is 4370. The predicted molar refractivity (Wildman–Crippen MR) is 305 cm³/mol. The lowest BCUT2D eigenvalue weighted by Crippen LogP contribution is -2.31. The highest BCUT2D eigenvalue weighted by Crippen LogP contribution is 2.50. The van der Waals surface area contributed by atoms with Gasteiger partial charge in [-0.05, 0) is 142 Å². The van der Waals surface area contributed by atoms with Gasteiger partial charge in [-0.3, -0.25) is 0 Å². The van der Waals surface area contributed by atoms with Gasteiger partial charge in [-0.1, -0.05) is 153 Å². The summed E-state index contributed by atoms with van der Waals surface area (Å²) in [4.78, 5) is 10.9. The molecule has 0 spiro atoms. The molecule has 4 nitrogen and oxygen atoms in total. The first kappa shape index (κ1) is 49.1. The van der Waals surface area contributed by atoms with Crippen molar-refractivity contribution in [1.29, 1.82) is 0 Å². The summed E-state index contributed by atoms with van der Waals surface area (Å²) in [5.74, 6) is -0.115. The number of halogens is 6. The number of nitrogens with zero attached hydrogens (tertiary/aromatic N) is 2. The number of allylic oxidation sites excluding steroid dienone is 9. The zero-order chi connectivity index (χ0) is 54.0. The maximum absolute atomic E-state index is 14.7. The maximum Gasteiger partial charge on any atom is 0.418 e. The van der Waals surface area contributed by atoms with Crippen LogP contribution in [0.2, 0.25) is 0 Å². The molecule has 0 bridgehead atoms. The molecule has 388 valence electrons. The van der Waals surface area contributed by atoms with Crippen LogP contribution in [-0.2, 0) is 12.4 Å². The predicted octanol–water partition coefficient (Wildman–Crippen LogP) is 17.9. The molecule has 0 radical (unpaired) electrons. The van der Waals surface area contributed by atoms with Crippen molar-refractivity contribution in [3.8, 4) is 0 Å². The van der Waals surface area contributed by atoms with E-state index >= 15 is 0 Å². The van der Waals surface area contributed by atoms with Crippen LogP contribution < -0.4 is 20.2 Å². The number of alkyl halides is 6. The molecule has 2 N–H and O–H groups in total. The first-order chi connectivity index (χ1) is 37.5. The second-order valence-corrected chi connectivity index (χ2v) is 21.8. The molecule has 9 aromatic rings. The van der Waals surface area contributed by atoms with Crippen molar-refractivity contribution in [3.05, 3.63) is 248 Å². The second kappa shape index (κ2) is 18.0. The molecule has 2 heterocycles. The first-order valence-electron chi connectivity index (χ1n) is 26.5. The van der Waals surface area contributed by atoms with Crippen LogP contribution in [0.3, 0.4) is 0 Å². The van der Waals surface area contributed by atoms with E-state index in [1.165, 1.54) is 23.3 Å². The van der Waals surface area contributed by atoms with Crippen LogP contribution >= 0.6 is 0 Å². The third-order valence-electron chi connectivity index (χ3n) is 16.6. The van der Waals surface area contributed by atoms with Crippen LogP contribution in [0.5, 0.6) is 0 Å². The van der Waals surface area contributed by atoms with E-state index < -0.39 is 28.9 Å². The standard InChI is InChI=1S/C68H54F6N4/c1-39-23-28-42(29-24-39)77(59-22-12-16-51-50-15-10-20-57(67(69,70)71)62(50)75-64(51)59)44-32-34-46-47-35-33-45(38-54(47)49-14-7-9-19-56(49)66(4,5)55-18-8-6-13-48(55)53(46)37-44)78(43-30-25-40(2)26-31-43)60-36-27-41(3)61-52-17-11-21-58(68(72,73)74)63(52)76-65(60)61/h6-12,14-26,28-38,41,56,75-76H,13,27H2,1-5H3. The SMILES string of the molecule is Cc1ccc(N(C2=CCC(C)c3c2[nH]c2c(C(F)(F)F)cccc32)c2ccc3c(c2)=C2C=CC=CC2C(C)(C)C2=CC=CCC2=c2cc(N(c4ccc(C)cc4)c4cccc5c4[nH]c4c(C(F)(F)F)cccc45)ccc2=3)cc1. The number of hydrogen-bond donors (Lipinski definition) is 2. The van der Waals surface area contributed by atoms with Crippen LogP contribution in [0, 0.1) is 35.6 Å². The quantitative estimate of drug-likeness (QED) is 0.163. The molecule has 0 fully saturated rings. The van der Waals surface area contributed by atoms with E-state index in [0.29, 0.717) is 45.9 Å². The fourth-order valence-electron chi connectivity index (χ4n) is 12.8. The smallest absolute Gasteiger partial charge is 0.353 e. The normalized spacial score (nSPS) is 17.6. The van der Waals surface area contributed by atoms with Crippen molar-refractivity contribution in [1.82, 2.24) is 9.97 Å². The average Bonchev–Trinajstić information content (AvgIpc) is 4.23. The third-order valence-corrected chi connectivity index (χ3v) is 16.6. The molecule has 0 saturated carbocycles. The van der Waals surface area contributed by atoms with E-state index in [0.717, 1.165) is 83.7 Å². The van der Waals surface area contributed by atoms with Crippen LogP contribution in [0.1, 0.15) is 73.0 Å². The van der Waals surface area contributed by atoms with Crippen molar-refractivity contribution in [2.24, 2.45) is 11.3 Å².